The minimum atomic E-state index is -0.653. The lowest BCUT2D eigenvalue weighted by atomic mass is 9.88. The summed E-state index contributed by atoms with van der Waals surface area (Å²) in [5.41, 5.74) is 3.37. The maximum absolute atomic E-state index is 13.0. The summed E-state index contributed by atoms with van der Waals surface area (Å²) in [5.74, 6) is -0.370. The molecular formula is C24H18N2O4S. The highest BCUT2D eigenvalue weighted by Crippen LogP contribution is 2.44. The fourth-order valence-electron chi connectivity index (χ4n) is 3.62. The predicted molar refractivity (Wildman–Crippen MR) is 119 cm³/mol. The second-order valence-electron chi connectivity index (χ2n) is 7.26. The maximum atomic E-state index is 13.0. The van der Waals surface area contributed by atoms with E-state index < -0.39 is 24.4 Å². The molecule has 4 aromatic rings. The fourth-order valence-corrected chi connectivity index (χ4v) is 4.60. The topological polar surface area (TPSA) is 77.5 Å². The molecular weight excluding hydrogens is 412 g/mol. The number of thiazole rings is 1. The summed E-state index contributed by atoms with van der Waals surface area (Å²) in [7, 11) is 0. The molecule has 2 heterocycles. The molecule has 0 bridgehead atoms. The quantitative estimate of drug-likeness (QED) is 0.460. The lowest BCUT2D eigenvalue weighted by Crippen LogP contribution is -2.26. The van der Waals surface area contributed by atoms with Gasteiger partial charge in [0, 0.05) is 11.1 Å². The first kappa shape index (κ1) is 19.3. The second-order valence-corrected chi connectivity index (χ2v) is 8.29. The number of carbonyl (C=O) groups is 2. The van der Waals surface area contributed by atoms with Crippen molar-refractivity contribution in [1.82, 2.24) is 4.98 Å². The summed E-state index contributed by atoms with van der Waals surface area (Å²) in [6.45, 7) is 1.61. The Hall–Kier alpha value is -3.71. The van der Waals surface area contributed by atoms with Crippen LogP contribution in [-0.4, -0.2) is 23.5 Å². The Labute approximate surface area is 182 Å². The van der Waals surface area contributed by atoms with Gasteiger partial charge in [0.25, 0.3) is 5.91 Å². The van der Waals surface area contributed by atoms with Gasteiger partial charge >= 0.3 is 5.97 Å². The van der Waals surface area contributed by atoms with Gasteiger partial charge in [-0.05, 0) is 36.8 Å². The number of ether oxygens (including phenoxy) is 2. The average Bonchev–Trinajstić information content (AvgIpc) is 3.17. The molecule has 0 radical (unpaired) electrons. The molecule has 1 N–H and O–H groups in total. The lowest BCUT2D eigenvalue weighted by molar-refractivity contribution is -0.148. The van der Waals surface area contributed by atoms with Crippen molar-refractivity contribution in [2.24, 2.45) is 0 Å². The van der Waals surface area contributed by atoms with Crippen LogP contribution in [0, 0.1) is 6.92 Å². The Morgan fingerprint density at radius 2 is 1.71 bits per heavy atom. The van der Waals surface area contributed by atoms with Crippen LogP contribution >= 0.6 is 11.3 Å². The molecule has 6 nitrogen and oxygen atoms in total. The molecule has 1 aromatic heterocycles. The number of nitrogens with one attached hydrogen (secondary N) is 1. The van der Waals surface area contributed by atoms with E-state index in [2.05, 4.69) is 10.3 Å². The molecule has 0 unspecified atom stereocenters. The van der Waals surface area contributed by atoms with Gasteiger partial charge in [0.05, 0.1) is 10.2 Å². The number of hydrogen-bond acceptors (Lipinski definition) is 6. The van der Waals surface area contributed by atoms with Crippen LogP contribution < -0.4 is 10.1 Å². The van der Waals surface area contributed by atoms with Gasteiger partial charge < -0.3 is 9.47 Å². The van der Waals surface area contributed by atoms with Crippen molar-refractivity contribution in [2.45, 2.75) is 12.8 Å². The highest BCUT2D eigenvalue weighted by atomic mass is 32.1. The summed E-state index contributed by atoms with van der Waals surface area (Å²) in [6.07, 6.45) is 0. The average molecular weight is 430 g/mol. The van der Waals surface area contributed by atoms with E-state index in [-0.39, 0.29) is 0 Å². The van der Waals surface area contributed by atoms with Crippen LogP contribution in [0.2, 0.25) is 0 Å². The van der Waals surface area contributed by atoms with Crippen LogP contribution in [0.4, 0.5) is 5.13 Å². The van der Waals surface area contributed by atoms with Crippen molar-refractivity contribution in [3.05, 3.63) is 83.4 Å². The number of aromatic nitrogens is 1. The Bertz CT molecular complexity index is 1270. The Morgan fingerprint density at radius 3 is 2.42 bits per heavy atom. The zero-order valence-corrected chi connectivity index (χ0v) is 17.4. The van der Waals surface area contributed by atoms with Crippen LogP contribution in [0.3, 0.4) is 0 Å². The number of benzene rings is 3. The lowest BCUT2D eigenvalue weighted by Gasteiger charge is -2.26. The van der Waals surface area contributed by atoms with E-state index in [0.29, 0.717) is 27.8 Å². The molecule has 1 amide bonds. The molecule has 0 aliphatic carbocycles. The molecule has 154 valence electrons. The van der Waals surface area contributed by atoms with Gasteiger partial charge in [-0.1, -0.05) is 53.8 Å². The van der Waals surface area contributed by atoms with Gasteiger partial charge in [-0.15, -0.1) is 0 Å². The van der Waals surface area contributed by atoms with Crippen LogP contribution in [0.5, 0.6) is 11.5 Å². The van der Waals surface area contributed by atoms with Crippen molar-refractivity contribution in [1.29, 1.82) is 0 Å². The zero-order chi connectivity index (χ0) is 21.4. The number of anilines is 1. The van der Waals surface area contributed by atoms with E-state index in [1.807, 2.05) is 73.7 Å². The normalized spacial score (nSPS) is 12.5. The second kappa shape index (κ2) is 7.85. The highest BCUT2D eigenvalue weighted by Gasteiger charge is 2.33. The molecule has 3 aromatic carbocycles. The number of rotatable bonds is 4. The molecule has 7 heteroatoms. The van der Waals surface area contributed by atoms with Gasteiger partial charge in [-0.2, -0.15) is 0 Å². The number of fused-ring (bicyclic) bond motifs is 3. The molecule has 1 aliphatic rings. The molecule has 0 spiro atoms. The number of hydrogen-bond donors (Lipinski definition) is 1. The van der Waals surface area contributed by atoms with E-state index in [1.54, 1.807) is 0 Å². The largest absolute Gasteiger partial charge is 0.457 e. The summed E-state index contributed by atoms with van der Waals surface area (Å²) in [4.78, 5) is 29.8. The van der Waals surface area contributed by atoms with Crippen LogP contribution in [0.1, 0.15) is 22.6 Å². The van der Waals surface area contributed by atoms with Crippen molar-refractivity contribution >= 4 is 38.6 Å². The van der Waals surface area contributed by atoms with Crippen molar-refractivity contribution in [3.63, 3.8) is 0 Å². The van der Waals surface area contributed by atoms with Crippen LogP contribution in [0.15, 0.2) is 66.7 Å². The summed E-state index contributed by atoms with van der Waals surface area (Å²) < 4.78 is 12.3. The van der Waals surface area contributed by atoms with E-state index in [4.69, 9.17) is 9.47 Å². The van der Waals surface area contributed by atoms with E-state index in [1.165, 1.54) is 11.3 Å². The van der Waals surface area contributed by atoms with Gasteiger partial charge in [0.15, 0.2) is 11.7 Å². The highest BCUT2D eigenvalue weighted by molar-refractivity contribution is 7.22. The first-order valence-corrected chi connectivity index (χ1v) is 10.6. The van der Waals surface area contributed by atoms with Crippen LogP contribution in [-0.2, 0) is 14.3 Å². The van der Waals surface area contributed by atoms with Gasteiger partial charge in [0.2, 0.25) is 0 Å². The summed E-state index contributed by atoms with van der Waals surface area (Å²) >= 11 is 1.38. The van der Waals surface area contributed by atoms with Crippen LogP contribution in [0.25, 0.3) is 10.2 Å². The number of carbonyl (C=O) groups excluding carboxylic acids is 2. The number of amides is 1. The smallest absolute Gasteiger partial charge is 0.318 e. The third-order valence-electron chi connectivity index (χ3n) is 5.05. The molecule has 5 rings (SSSR count). The maximum Gasteiger partial charge on any atom is 0.318 e. The fraction of sp³-hybridized carbons (Fsp3) is 0.125. The van der Waals surface area contributed by atoms with E-state index in [9.17, 15) is 9.59 Å². The Balaban J connectivity index is 1.31. The van der Waals surface area contributed by atoms with Gasteiger partial charge in [0.1, 0.15) is 17.4 Å². The minimum Gasteiger partial charge on any atom is -0.457 e. The van der Waals surface area contributed by atoms with Crippen molar-refractivity contribution in [2.75, 3.05) is 11.9 Å². The molecule has 0 atom stereocenters. The molecule has 0 saturated carbocycles. The van der Waals surface area contributed by atoms with E-state index >= 15 is 0 Å². The summed E-state index contributed by atoms with van der Waals surface area (Å²) in [6, 6.07) is 20.6. The standard InChI is InChI=1S/C24H18N2O4S/c1-14-10-11-17-20(12-14)31-24(25-17)26-21(27)13-29-23(28)22-15-6-2-4-8-18(15)30-19-9-5-3-7-16(19)22/h2-12,22H,13H2,1H3,(H,25,26,27). The molecule has 0 fully saturated rings. The van der Waals surface area contributed by atoms with Gasteiger partial charge in [-0.25, -0.2) is 4.98 Å². The first-order valence-electron chi connectivity index (χ1n) is 9.78. The van der Waals surface area contributed by atoms with Crippen molar-refractivity contribution < 1.29 is 19.1 Å². The summed E-state index contributed by atoms with van der Waals surface area (Å²) in [5, 5.41) is 3.19. The zero-order valence-electron chi connectivity index (χ0n) is 16.6. The van der Waals surface area contributed by atoms with Crippen molar-refractivity contribution in [3.8, 4) is 11.5 Å². The number of aryl methyl sites for hydroxylation is 1. The van der Waals surface area contributed by atoms with E-state index in [0.717, 1.165) is 15.8 Å². The predicted octanol–water partition coefficient (Wildman–Crippen LogP) is 5.02. The number of nitrogens with zero attached hydrogens (tertiary/aromatic N) is 1. The number of para-hydroxylation sites is 2. The Kier molecular flexibility index (Phi) is 4.88. The molecule has 1 aliphatic heterocycles. The van der Waals surface area contributed by atoms with Gasteiger partial charge in [-0.3, -0.25) is 14.9 Å². The molecule has 0 saturated heterocycles. The monoisotopic (exact) mass is 430 g/mol. The minimum absolute atomic E-state index is 0.393. The SMILES string of the molecule is Cc1ccc2nc(NC(=O)COC(=O)C3c4ccccc4Oc4ccccc43)sc2c1. The Morgan fingerprint density at radius 1 is 1.03 bits per heavy atom. The number of esters is 1. The third-order valence-corrected chi connectivity index (χ3v) is 5.99. The third kappa shape index (κ3) is 3.75. The molecule has 31 heavy (non-hydrogen) atoms. The first-order chi connectivity index (χ1) is 15.1.